The summed E-state index contributed by atoms with van der Waals surface area (Å²) in [6.07, 6.45) is 4.62. The van der Waals surface area contributed by atoms with Gasteiger partial charge in [-0.2, -0.15) is 0 Å². The number of amides is 1. The van der Waals surface area contributed by atoms with E-state index in [1.54, 1.807) is 36.6 Å². The Morgan fingerprint density at radius 2 is 2.08 bits per heavy atom. The van der Waals surface area contributed by atoms with E-state index in [1.165, 1.54) is 33.4 Å². The zero-order valence-electron chi connectivity index (χ0n) is 13.6. The van der Waals surface area contributed by atoms with Crippen molar-refractivity contribution >= 4 is 33.3 Å². The van der Waals surface area contributed by atoms with E-state index in [4.69, 9.17) is 4.42 Å². The topological polar surface area (TPSA) is 64.2 Å². The number of nitrogens with one attached hydrogen (secondary N) is 1. The van der Waals surface area contributed by atoms with E-state index < -0.39 is 5.76 Å². The van der Waals surface area contributed by atoms with E-state index in [2.05, 4.69) is 12.2 Å². The van der Waals surface area contributed by atoms with Gasteiger partial charge in [-0.05, 0) is 55.9 Å². The molecule has 0 spiro atoms. The minimum absolute atomic E-state index is 0.239. The molecule has 6 heteroatoms. The van der Waals surface area contributed by atoms with Crippen molar-refractivity contribution in [3.8, 4) is 0 Å². The smallest absolute Gasteiger partial charge is 0.407 e. The van der Waals surface area contributed by atoms with Crippen LogP contribution in [0.4, 0.5) is 5.00 Å². The van der Waals surface area contributed by atoms with Gasteiger partial charge >= 0.3 is 5.76 Å². The number of benzene rings is 1. The van der Waals surface area contributed by atoms with Crippen LogP contribution in [0.3, 0.4) is 0 Å². The molecule has 24 heavy (non-hydrogen) atoms. The van der Waals surface area contributed by atoms with Crippen LogP contribution in [0.1, 0.15) is 39.2 Å². The van der Waals surface area contributed by atoms with Crippen LogP contribution in [0.5, 0.6) is 0 Å². The molecular formula is C18H18N2O3S. The molecule has 0 saturated carbocycles. The summed E-state index contributed by atoms with van der Waals surface area (Å²) in [6, 6.07) is 5.22. The lowest BCUT2D eigenvalue weighted by atomic mass is 9.96. The molecule has 2 aromatic heterocycles. The van der Waals surface area contributed by atoms with E-state index in [9.17, 15) is 9.59 Å². The maximum absolute atomic E-state index is 12.7. The molecule has 124 valence electrons. The van der Waals surface area contributed by atoms with Gasteiger partial charge in [-0.1, -0.05) is 6.07 Å². The zero-order valence-corrected chi connectivity index (χ0v) is 14.5. The molecule has 1 aliphatic rings. The molecule has 0 atom stereocenters. The fourth-order valence-corrected chi connectivity index (χ4v) is 4.63. The number of aryl methyl sites for hydroxylation is 2. The Morgan fingerprint density at radius 3 is 2.88 bits per heavy atom. The summed E-state index contributed by atoms with van der Waals surface area (Å²) >= 11 is 1.67. The predicted molar refractivity (Wildman–Crippen MR) is 95.1 cm³/mol. The molecule has 2 heterocycles. The lowest BCUT2D eigenvalue weighted by Gasteiger charge is -2.10. The van der Waals surface area contributed by atoms with Crippen molar-refractivity contribution in [1.29, 1.82) is 0 Å². The Morgan fingerprint density at radius 1 is 1.29 bits per heavy atom. The fourth-order valence-electron chi connectivity index (χ4n) is 3.34. The second-order valence-electron chi connectivity index (χ2n) is 6.20. The highest BCUT2D eigenvalue weighted by molar-refractivity contribution is 7.16. The van der Waals surface area contributed by atoms with E-state index in [1.807, 2.05) is 0 Å². The number of hydrogen-bond acceptors (Lipinski definition) is 4. The molecule has 1 aliphatic carbocycles. The largest absolute Gasteiger partial charge is 0.419 e. The van der Waals surface area contributed by atoms with Gasteiger partial charge in [-0.25, -0.2) is 4.79 Å². The van der Waals surface area contributed by atoms with Crippen molar-refractivity contribution in [2.75, 3.05) is 5.32 Å². The lowest BCUT2D eigenvalue weighted by molar-refractivity contribution is 0.102. The van der Waals surface area contributed by atoms with Crippen molar-refractivity contribution < 1.29 is 9.21 Å². The Balaban J connectivity index is 1.72. The minimum atomic E-state index is -0.465. The van der Waals surface area contributed by atoms with Gasteiger partial charge in [0.2, 0.25) is 0 Å². The average molecular weight is 342 g/mol. The maximum atomic E-state index is 12.7. The second-order valence-corrected chi connectivity index (χ2v) is 7.31. The first-order valence-electron chi connectivity index (χ1n) is 8.07. The fraction of sp³-hybridized carbons (Fsp3) is 0.333. The maximum Gasteiger partial charge on any atom is 0.419 e. The van der Waals surface area contributed by atoms with Gasteiger partial charge in [-0.15, -0.1) is 11.3 Å². The van der Waals surface area contributed by atoms with Crippen molar-refractivity contribution in [3.05, 3.63) is 50.3 Å². The first kappa shape index (κ1) is 15.2. The van der Waals surface area contributed by atoms with Crippen LogP contribution in [0, 0.1) is 6.92 Å². The van der Waals surface area contributed by atoms with E-state index in [0.717, 1.165) is 17.8 Å². The van der Waals surface area contributed by atoms with Crippen LogP contribution in [-0.4, -0.2) is 10.5 Å². The summed E-state index contributed by atoms with van der Waals surface area (Å²) in [5.74, 6) is -0.704. The quantitative estimate of drug-likeness (QED) is 0.773. The van der Waals surface area contributed by atoms with Gasteiger partial charge in [0.15, 0.2) is 5.58 Å². The van der Waals surface area contributed by atoms with Crippen molar-refractivity contribution in [2.45, 2.75) is 32.6 Å². The lowest BCUT2D eigenvalue weighted by Crippen LogP contribution is -2.12. The number of carbonyl (C=O) groups excluding carboxylic acids is 1. The molecular weight excluding hydrogens is 324 g/mol. The molecule has 1 amide bonds. The molecule has 1 N–H and O–H groups in total. The van der Waals surface area contributed by atoms with Crippen molar-refractivity contribution in [3.63, 3.8) is 0 Å². The summed E-state index contributed by atoms with van der Waals surface area (Å²) in [5.41, 5.74) is 3.91. The monoisotopic (exact) mass is 342 g/mol. The molecule has 5 nitrogen and oxygen atoms in total. The van der Waals surface area contributed by atoms with Crippen LogP contribution in [0.2, 0.25) is 0 Å². The summed E-state index contributed by atoms with van der Waals surface area (Å²) in [6.45, 7) is 2.07. The van der Waals surface area contributed by atoms with Crippen LogP contribution in [-0.2, 0) is 19.9 Å². The van der Waals surface area contributed by atoms with Gasteiger partial charge in [0.05, 0.1) is 16.1 Å². The SMILES string of the molecule is Cc1c(NC(=O)c2cccc3c2oc(=O)n3C)sc2c1CCCC2. The molecule has 4 rings (SSSR count). The third-order valence-corrected chi connectivity index (χ3v) is 6.04. The van der Waals surface area contributed by atoms with Crippen LogP contribution in [0.25, 0.3) is 11.1 Å². The first-order chi connectivity index (χ1) is 11.6. The molecule has 0 unspecified atom stereocenters. The van der Waals surface area contributed by atoms with Gasteiger partial charge in [0.1, 0.15) is 0 Å². The predicted octanol–water partition coefficient (Wildman–Crippen LogP) is 3.63. The summed E-state index contributed by atoms with van der Waals surface area (Å²) in [4.78, 5) is 25.9. The number of rotatable bonds is 2. The summed E-state index contributed by atoms with van der Waals surface area (Å²) < 4.78 is 6.65. The Kier molecular flexibility index (Phi) is 3.57. The highest BCUT2D eigenvalue weighted by Crippen LogP contribution is 2.37. The van der Waals surface area contributed by atoms with Crippen LogP contribution >= 0.6 is 11.3 Å². The van der Waals surface area contributed by atoms with Gasteiger partial charge in [0, 0.05) is 11.9 Å². The van der Waals surface area contributed by atoms with E-state index in [0.29, 0.717) is 16.7 Å². The summed E-state index contributed by atoms with van der Waals surface area (Å²) in [5, 5.41) is 3.92. The number of fused-ring (bicyclic) bond motifs is 2. The Labute approximate surface area is 142 Å². The second kappa shape index (κ2) is 5.63. The molecule has 0 bridgehead atoms. The average Bonchev–Trinajstić information content (AvgIpc) is 3.05. The molecule has 0 fully saturated rings. The highest BCUT2D eigenvalue weighted by atomic mass is 32.1. The number of para-hydroxylation sites is 1. The third-order valence-electron chi connectivity index (χ3n) is 4.73. The Bertz CT molecular complexity index is 1010. The van der Waals surface area contributed by atoms with Crippen LogP contribution < -0.4 is 11.1 Å². The van der Waals surface area contributed by atoms with E-state index >= 15 is 0 Å². The number of aromatic nitrogens is 1. The van der Waals surface area contributed by atoms with Crippen molar-refractivity contribution in [2.24, 2.45) is 7.05 Å². The van der Waals surface area contributed by atoms with E-state index in [-0.39, 0.29) is 5.91 Å². The van der Waals surface area contributed by atoms with Gasteiger partial charge in [-0.3, -0.25) is 9.36 Å². The van der Waals surface area contributed by atoms with Gasteiger partial charge < -0.3 is 9.73 Å². The van der Waals surface area contributed by atoms with Crippen LogP contribution in [0.15, 0.2) is 27.4 Å². The van der Waals surface area contributed by atoms with Gasteiger partial charge in [0.25, 0.3) is 5.91 Å². The highest BCUT2D eigenvalue weighted by Gasteiger charge is 2.21. The number of oxazole rings is 1. The van der Waals surface area contributed by atoms with Crippen molar-refractivity contribution in [1.82, 2.24) is 4.57 Å². The molecule has 1 aromatic carbocycles. The standard InChI is InChI=1S/C18H18N2O3S/c1-10-11-6-3-4-9-14(11)24-17(10)19-16(21)12-7-5-8-13-15(12)23-18(22)20(13)2/h5,7-8H,3-4,6,9H2,1-2H3,(H,19,21). The number of thiophene rings is 1. The molecule has 0 saturated heterocycles. The number of carbonyl (C=O) groups is 1. The normalized spacial score (nSPS) is 13.9. The number of hydrogen-bond donors (Lipinski definition) is 1. The first-order valence-corrected chi connectivity index (χ1v) is 8.89. The molecule has 3 aromatic rings. The third kappa shape index (κ3) is 2.29. The number of anilines is 1. The number of nitrogens with zero attached hydrogens (tertiary/aromatic N) is 1. The summed E-state index contributed by atoms with van der Waals surface area (Å²) in [7, 11) is 1.63. The zero-order chi connectivity index (χ0) is 16.8. The molecule has 0 radical (unpaired) electrons. The minimum Gasteiger partial charge on any atom is -0.407 e. The Hall–Kier alpha value is -2.34. The molecule has 0 aliphatic heterocycles.